The molecule has 11 nitrogen and oxygen atoms in total. The molecule has 2 unspecified atom stereocenters. The van der Waals surface area contributed by atoms with Gasteiger partial charge in [0.15, 0.2) is 0 Å². The highest BCUT2D eigenvalue weighted by Crippen LogP contribution is 2.27. The third kappa shape index (κ3) is 9.34. The molecule has 2 aromatic heterocycles. The molecule has 3 N–H and O–H groups in total. The number of carbonyl (C=O) groups is 2. The number of hydrogen-bond donors (Lipinski definition) is 3. The summed E-state index contributed by atoms with van der Waals surface area (Å²) in [5.41, 5.74) is 2.14. The molecule has 4 aromatic rings. The van der Waals surface area contributed by atoms with Gasteiger partial charge in [-0.2, -0.15) is 0 Å². The van der Waals surface area contributed by atoms with Gasteiger partial charge in [-0.25, -0.2) is 27.7 Å². The van der Waals surface area contributed by atoms with E-state index in [1.807, 2.05) is 55.5 Å². The Labute approximate surface area is 262 Å². The molecule has 12 heteroatoms. The highest BCUT2D eigenvalue weighted by Gasteiger charge is 2.32. The fraction of sp³-hybridized carbons (Fsp3) is 0.273. The van der Waals surface area contributed by atoms with Crippen molar-refractivity contribution < 1.29 is 32.6 Å². The average molecular weight is 633 g/mol. The van der Waals surface area contributed by atoms with Crippen LogP contribution in [0.5, 0.6) is 5.75 Å². The zero-order valence-corrected chi connectivity index (χ0v) is 26.2. The highest BCUT2D eigenvalue weighted by molar-refractivity contribution is 7.89. The van der Waals surface area contributed by atoms with Crippen LogP contribution in [0.4, 0.5) is 5.82 Å². The number of esters is 1. The Morgan fingerprint density at radius 1 is 0.956 bits per heavy atom. The fourth-order valence-corrected chi connectivity index (χ4v) is 5.60. The number of pyridine rings is 2. The van der Waals surface area contributed by atoms with E-state index >= 15 is 0 Å². The summed E-state index contributed by atoms with van der Waals surface area (Å²) in [6, 6.07) is 20.5. The summed E-state index contributed by atoms with van der Waals surface area (Å²) in [6.07, 6.45) is 2.93. The van der Waals surface area contributed by atoms with Crippen LogP contribution in [-0.4, -0.2) is 53.7 Å². The third-order valence-electron chi connectivity index (χ3n) is 6.42. The summed E-state index contributed by atoms with van der Waals surface area (Å²) in [7, 11) is -4.03. The molecule has 0 fully saturated rings. The fourth-order valence-electron chi connectivity index (χ4n) is 4.43. The second-order valence-corrected chi connectivity index (χ2v) is 12.8. The molecule has 4 rings (SSSR count). The summed E-state index contributed by atoms with van der Waals surface area (Å²) >= 11 is 0. The number of aromatic nitrogens is 2. The molecule has 0 bridgehead atoms. The maximum atomic E-state index is 13.4. The summed E-state index contributed by atoms with van der Waals surface area (Å²) in [4.78, 5) is 32.9. The number of nitrogens with zero attached hydrogens (tertiary/aromatic N) is 2. The number of nitrogens with one attached hydrogen (secondary N) is 2. The zero-order chi connectivity index (χ0) is 32.6. The van der Waals surface area contributed by atoms with Crippen molar-refractivity contribution in [3.8, 4) is 16.9 Å². The van der Waals surface area contributed by atoms with E-state index in [4.69, 9.17) is 9.47 Å². The van der Waals surface area contributed by atoms with E-state index in [2.05, 4.69) is 20.0 Å². The van der Waals surface area contributed by atoms with Gasteiger partial charge in [0.05, 0.1) is 18.3 Å². The van der Waals surface area contributed by atoms with Crippen LogP contribution in [0.2, 0.25) is 0 Å². The highest BCUT2D eigenvalue weighted by atomic mass is 32.2. The average Bonchev–Trinajstić information content (AvgIpc) is 3.00. The predicted molar refractivity (Wildman–Crippen MR) is 169 cm³/mol. The summed E-state index contributed by atoms with van der Waals surface area (Å²) in [5.74, 6) is -1.61. The van der Waals surface area contributed by atoms with E-state index in [-0.39, 0.29) is 17.1 Å². The first-order chi connectivity index (χ1) is 21.3. The van der Waals surface area contributed by atoms with Gasteiger partial charge < -0.3 is 19.9 Å². The number of aliphatic carboxylic acids is 1. The molecule has 0 amide bonds. The lowest BCUT2D eigenvalue weighted by Gasteiger charge is -2.23. The Bertz CT molecular complexity index is 1720. The van der Waals surface area contributed by atoms with Crippen molar-refractivity contribution in [2.75, 3.05) is 11.9 Å². The molecule has 0 saturated carbocycles. The number of anilines is 1. The van der Waals surface area contributed by atoms with Crippen LogP contribution < -0.4 is 14.8 Å². The van der Waals surface area contributed by atoms with Crippen LogP contribution in [0.3, 0.4) is 0 Å². The minimum absolute atomic E-state index is 0.0234. The molecule has 2 atom stereocenters. The van der Waals surface area contributed by atoms with E-state index in [0.717, 1.165) is 22.4 Å². The van der Waals surface area contributed by atoms with Crippen molar-refractivity contribution in [1.82, 2.24) is 14.7 Å². The Morgan fingerprint density at radius 2 is 1.69 bits per heavy atom. The van der Waals surface area contributed by atoms with Crippen molar-refractivity contribution in [1.29, 1.82) is 0 Å². The van der Waals surface area contributed by atoms with Gasteiger partial charge in [-0.3, -0.25) is 4.98 Å². The molecule has 0 aliphatic heterocycles. The van der Waals surface area contributed by atoms with Crippen molar-refractivity contribution in [2.24, 2.45) is 0 Å². The number of hydrogen-bond acceptors (Lipinski definition) is 9. The van der Waals surface area contributed by atoms with Crippen LogP contribution >= 0.6 is 0 Å². The first kappa shape index (κ1) is 33.1. The zero-order valence-electron chi connectivity index (χ0n) is 25.4. The van der Waals surface area contributed by atoms with Crippen molar-refractivity contribution in [3.63, 3.8) is 0 Å². The first-order valence-corrected chi connectivity index (χ1v) is 15.8. The summed E-state index contributed by atoms with van der Waals surface area (Å²) < 4.78 is 40.3. The SMILES string of the molecule is CCOc1cccc(-c2ccc(CC(NS(=O)(=O)c3cccnc3)c3cccc(NC(C(=O)O)C(=O)OC(C)(C)C)n3)cc2)c1. The van der Waals surface area contributed by atoms with Gasteiger partial charge in [-0.1, -0.05) is 42.5 Å². The second-order valence-electron chi connectivity index (χ2n) is 11.1. The predicted octanol–water partition coefficient (Wildman–Crippen LogP) is 5.01. The van der Waals surface area contributed by atoms with E-state index < -0.39 is 39.6 Å². The van der Waals surface area contributed by atoms with Crippen molar-refractivity contribution in [2.45, 2.75) is 56.7 Å². The monoisotopic (exact) mass is 632 g/mol. The van der Waals surface area contributed by atoms with E-state index in [9.17, 15) is 23.1 Å². The maximum Gasteiger partial charge on any atom is 0.340 e. The van der Waals surface area contributed by atoms with Crippen LogP contribution in [0, 0.1) is 0 Å². The molecule has 45 heavy (non-hydrogen) atoms. The smallest absolute Gasteiger partial charge is 0.340 e. The van der Waals surface area contributed by atoms with Gasteiger partial charge in [0.1, 0.15) is 22.1 Å². The van der Waals surface area contributed by atoms with Gasteiger partial charge in [-0.15, -0.1) is 0 Å². The van der Waals surface area contributed by atoms with Gasteiger partial charge >= 0.3 is 11.9 Å². The number of carbonyl (C=O) groups excluding carboxylic acids is 1. The minimum Gasteiger partial charge on any atom is -0.494 e. The van der Waals surface area contributed by atoms with Gasteiger partial charge in [0, 0.05) is 12.4 Å². The molecule has 2 aromatic carbocycles. The van der Waals surface area contributed by atoms with Crippen LogP contribution in [0.15, 0.2) is 96.2 Å². The largest absolute Gasteiger partial charge is 0.494 e. The molecular formula is C33H36N4O7S. The number of benzene rings is 2. The Kier molecular flexibility index (Phi) is 10.5. The van der Waals surface area contributed by atoms with Gasteiger partial charge in [0.25, 0.3) is 0 Å². The van der Waals surface area contributed by atoms with Crippen LogP contribution in [0.25, 0.3) is 11.1 Å². The van der Waals surface area contributed by atoms with Crippen molar-refractivity contribution >= 4 is 27.8 Å². The molecule has 2 heterocycles. The molecule has 236 valence electrons. The molecular weight excluding hydrogens is 596 g/mol. The van der Waals surface area contributed by atoms with Crippen LogP contribution in [0.1, 0.15) is 45.0 Å². The van der Waals surface area contributed by atoms with Gasteiger partial charge in [-0.05, 0) is 87.2 Å². The third-order valence-corrected chi connectivity index (χ3v) is 7.88. The second kappa shape index (κ2) is 14.3. The Balaban J connectivity index is 1.64. The summed E-state index contributed by atoms with van der Waals surface area (Å²) in [6.45, 7) is 7.37. The molecule has 0 aliphatic rings. The lowest BCUT2D eigenvalue weighted by molar-refractivity contribution is -0.160. The lowest BCUT2D eigenvalue weighted by atomic mass is 9.99. The molecule has 0 spiro atoms. The quantitative estimate of drug-likeness (QED) is 0.135. The van der Waals surface area contributed by atoms with E-state index in [0.29, 0.717) is 12.3 Å². The number of carboxylic acid groups (broad SMARTS) is 1. The Hall–Kier alpha value is -4.81. The maximum absolute atomic E-state index is 13.4. The standard InChI is InChI=1S/C33H36N4O7S/c1-5-43-25-10-6-9-24(20-25)23-16-14-22(15-17-23)19-28(37-45(41,42)26-11-8-18-34-21-26)27-12-7-13-29(35-27)36-30(31(38)39)32(40)44-33(2,3)4/h6-18,20-21,28,30,37H,5,19H2,1-4H3,(H,35,36)(H,38,39). The Morgan fingerprint density at radius 3 is 2.33 bits per heavy atom. The van der Waals surface area contributed by atoms with Crippen molar-refractivity contribution in [3.05, 3.63) is 103 Å². The molecule has 0 radical (unpaired) electrons. The van der Waals surface area contributed by atoms with E-state index in [1.165, 1.54) is 30.6 Å². The summed E-state index contributed by atoms with van der Waals surface area (Å²) in [5, 5.41) is 12.3. The van der Waals surface area contributed by atoms with E-state index in [1.54, 1.807) is 32.9 Å². The number of sulfonamides is 1. The number of ether oxygens (including phenoxy) is 2. The molecule has 0 aliphatic carbocycles. The first-order valence-electron chi connectivity index (χ1n) is 14.3. The normalized spacial score (nSPS) is 13.0. The van der Waals surface area contributed by atoms with Crippen LogP contribution in [-0.2, 0) is 30.8 Å². The topological polar surface area (TPSA) is 157 Å². The number of rotatable bonds is 13. The molecule has 0 saturated heterocycles. The van der Waals surface area contributed by atoms with Gasteiger partial charge in [0.2, 0.25) is 16.1 Å². The lowest BCUT2D eigenvalue weighted by Crippen LogP contribution is -2.42. The minimum atomic E-state index is -4.03. The number of carboxylic acids is 1.